The lowest BCUT2D eigenvalue weighted by Gasteiger charge is -2.36. The SMILES string of the molecule is CCc1ccc(C2CNCCN2C(=O)Cc2nc3nc(C)cc(C)n3n2)cc1.Cl. The van der Waals surface area contributed by atoms with E-state index in [1.54, 1.807) is 4.52 Å². The topological polar surface area (TPSA) is 75.4 Å². The number of nitrogens with one attached hydrogen (secondary N) is 1. The summed E-state index contributed by atoms with van der Waals surface area (Å²) in [7, 11) is 0. The molecule has 1 aliphatic rings. The second-order valence-electron chi connectivity index (χ2n) is 7.36. The van der Waals surface area contributed by atoms with E-state index < -0.39 is 0 Å². The Morgan fingerprint density at radius 1 is 1.21 bits per heavy atom. The van der Waals surface area contributed by atoms with E-state index in [0.717, 1.165) is 36.5 Å². The number of piperazine rings is 1. The van der Waals surface area contributed by atoms with Crippen LogP contribution in [0.25, 0.3) is 5.78 Å². The van der Waals surface area contributed by atoms with Gasteiger partial charge in [0.05, 0.1) is 12.5 Å². The van der Waals surface area contributed by atoms with Gasteiger partial charge in [0, 0.05) is 31.0 Å². The molecule has 2 aromatic heterocycles. The summed E-state index contributed by atoms with van der Waals surface area (Å²) in [4.78, 5) is 23.9. The Morgan fingerprint density at radius 2 is 1.97 bits per heavy atom. The molecule has 0 saturated carbocycles. The molecule has 1 amide bonds. The van der Waals surface area contributed by atoms with E-state index in [1.807, 2.05) is 24.8 Å². The Morgan fingerprint density at radius 3 is 2.69 bits per heavy atom. The average molecular weight is 415 g/mol. The number of aromatic nitrogens is 4. The van der Waals surface area contributed by atoms with Crippen molar-refractivity contribution in [2.24, 2.45) is 0 Å². The van der Waals surface area contributed by atoms with Crippen molar-refractivity contribution in [3.05, 3.63) is 58.7 Å². The normalized spacial score (nSPS) is 16.7. The lowest BCUT2D eigenvalue weighted by molar-refractivity contribution is -0.133. The molecule has 3 heterocycles. The minimum absolute atomic E-state index is 0. The first-order chi connectivity index (χ1) is 13.5. The van der Waals surface area contributed by atoms with Crippen molar-refractivity contribution in [2.75, 3.05) is 19.6 Å². The number of carbonyl (C=O) groups is 1. The molecule has 8 heteroatoms. The third-order valence-electron chi connectivity index (χ3n) is 5.31. The summed E-state index contributed by atoms with van der Waals surface area (Å²) in [6.07, 6.45) is 1.20. The fourth-order valence-corrected chi connectivity index (χ4v) is 3.80. The first kappa shape index (κ1) is 21.2. The minimum atomic E-state index is 0. The van der Waals surface area contributed by atoms with Crippen molar-refractivity contribution in [3.8, 4) is 0 Å². The maximum absolute atomic E-state index is 13.1. The van der Waals surface area contributed by atoms with E-state index in [2.05, 4.69) is 51.6 Å². The summed E-state index contributed by atoms with van der Waals surface area (Å²) in [5, 5.41) is 7.90. The highest BCUT2D eigenvalue weighted by atomic mass is 35.5. The van der Waals surface area contributed by atoms with Crippen LogP contribution in [0, 0.1) is 13.8 Å². The maximum atomic E-state index is 13.1. The van der Waals surface area contributed by atoms with Crippen LogP contribution in [0.1, 0.15) is 41.3 Å². The van der Waals surface area contributed by atoms with Gasteiger partial charge in [0.1, 0.15) is 0 Å². The highest BCUT2D eigenvalue weighted by molar-refractivity contribution is 5.85. The van der Waals surface area contributed by atoms with Gasteiger partial charge in [-0.05, 0) is 37.5 Å². The summed E-state index contributed by atoms with van der Waals surface area (Å²) in [6.45, 7) is 8.29. The Balaban J connectivity index is 0.00000240. The molecule has 29 heavy (non-hydrogen) atoms. The molecule has 1 fully saturated rings. The van der Waals surface area contributed by atoms with Crippen molar-refractivity contribution < 1.29 is 4.79 Å². The van der Waals surface area contributed by atoms with Crippen LogP contribution >= 0.6 is 12.4 Å². The fraction of sp³-hybridized carbons (Fsp3) is 0.429. The summed E-state index contributed by atoms with van der Waals surface area (Å²) >= 11 is 0. The van der Waals surface area contributed by atoms with Gasteiger partial charge in [0.2, 0.25) is 5.91 Å². The van der Waals surface area contributed by atoms with Crippen LogP contribution in [0.3, 0.4) is 0 Å². The monoisotopic (exact) mass is 414 g/mol. The van der Waals surface area contributed by atoms with Crippen LogP contribution < -0.4 is 5.32 Å². The van der Waals surface area contributed by atoms with Crippen molar-refractivity contribution in [3.63, 3.8) is 0 Å². The third-order valence-corrected chi connectivity index (χ3v) is 5.31. The Bertz CT molecular complexity index is 1000. The second kappa shape index (κ2) is 8.88. The van der Waals surface area contributed by atoms with E-state index in [4.69, 9.17) is 0 Å². The highest BCUT2D eigenvalue weighted by Gasteiger charge is 2.28. The fourth-order valence-electron chi connectivity index (χ4n) is 3.80. The van der Waals surface area contributed by atoms with Gasteiger partial charge in [-0.3, -0.25) is 4.79 Å². The summed E-state index contributed by atoms with van der Waals surface area (Å²) in [5.74, 6) is 1.12. The molecule has 0 radical (unpaired) electrons. The zero-order valence-corrected chi connectivity index (χ0v) is 17.9. The van der Waals surface area contributed by atoms with Gasteiger partial charge in [-0.2, -0.15) is 4.98 Å². The molecular formula is C21H27ClN6O. The smallest absolute Gasteiger partial charge is 0.252 e. The summed E-state index contributed by atoms with van der Waals surface area (Å²) in [5.41, 5.74) is 4.32. The lowest BCUT2D eigenvalue weighted by Crippen LogP contribution is -2.49. The Hall–Kier alpha value is -2.51. The average Bonchev–Trinajstić information content (AvgIpc) is 3.10. The molecule has 1 aliphatic heterocycles. The van der Waals surface area contributed by atoms with Crippen molar-refractivity contribution >= 4 is 24.1 Å². The van der Waals surface area contributed by atoms with Crippen LogP contribution in [0.15, 0.2) is 30.3 Å². The number of hydrogen-bond acceptors (Lipinski definition) is 5. The van der Waals surface area contributed by atoms with Gasteiger partial charge in [-0.1, -0.05) is 31.2 Å². The van der Waals surface area contributed by atoms with Gasteiger partial charge >= 0.3 is 0 Å². The predicted octanol–water partition coefficient (Wildman–Crippen LogP) is 2.44. The molecule has 0 aliphatic carbocycles. The molecule has 1 aromatic carbocycles. The van der Waals surface area contributed by atoms with E-state index in [1.165, 1.54) is 5.56 Å². The molecule has 154 valence electrons. The number of carbonyl (C=O) groups excluding carboxylic acids is 1. The molecule has 3 aromatic rings. The van der Waals surface area contributed by atoms with Crippen LogP contribution in [0.5, 0.6) is 0 Å². The molecular weight excluding hydrogens is 388 g/mol. The van der Waals surface area contributed by atoms with Crippen LogP contribution in [-0.2, 0) is 17.6 Å². The van der Waals surface area contributed by atoms with Crippen molar-refractivity contribution in [1.29, 1.82) is 0 Å². The van der Waals surface area contributed by atoms with Crippen LogP contribution in [0.4, 0.5) is 0 Å². The molecule has 1 unspecified atom stereocenters. The quantitative estimate of drug-likeness (QED) is 0.709. The van der Waals surface area contributed by atoms with Crippen LogP contribution in [0.2, 0.25) is 0 Å². The number of fused-ring (bicyclic) bond motifs is 1. The number of amides is 1. The molecule has 0 spiro atoms. The number of aryl methyl sites for hydroxylation is 3. The van der Waals surface area contributed by atoms with Gasteiger partial charge in [0.15, 0.2) is 5.82 Å². The van der Waals surface area contributed by atoms with Gasteiger partial charge in [-0.25, -0.2) is 9.50 Å². The second-order valence-corrected chi connectivity index (χ2v) is 7.36. The number of hydrogen-bond donors (Lipinski definition) is 1. The number of halogens is 1. The first-order valence-corrected chi connectivity index (χ1v) is 9.84. The van der Waals surface area contributed by atoms with E-state index in [9.17, 15) is 4.79 Å². The molecule has 0 bridgehead atoms. The minimum Gasteiger partial charge on any atom is -0.333 e. The zero-order chi connectivity index (χ0) is 19.7. The molecule has 1 saturated heterocycles. The first-order valence-electron chi connectivity index (χ1n) is 9.84. The van der Waals surface area contributed by atoms with Gasteiger partial charge in [0.25, 0.3) is 5.78 Å². The highest BCUT2D eigenvalue weighted by Crippen LogP contribution is 2.23. The predicted molar refractivity (Wildman–Crippen MR) is 114 cm³/mol. The van der Waals surface area contributed by atoms with E-state index in [-0.39, 0.29) is 30.8 Å². The number of benzene rings is 1. The van der Waals surface area contributed by atoms with Crippen LogP contribution in [-0.4, -0.2) is 50.0 Å². The molecule has 1 N–H and O–H groups in total. The largest absolute Gasteiger partial charge is 0.333 e. The summed E-state index contributed by atoms with van der Waals surface area (Å²) in [6, 6.07) is 10.6. The molecule has 7 nitrogen and oxygen atoms in total. The summed E-state index contributed by atoms with van der Waals surface area (Å²) < 4.78 is 1.70. The van der Waals surface area contributed by atoms with Gasteiger partial charge < -0.3 is 10.2 Å². The maximum Gasteiger partial charge on any atom is 0.252 e. The number of rotatable bonds is 4. The zero-order valence-electron chi connectivity index (χ0n) is 17.1. The molecule has 1 atom stereocenters. The van der Waals surface area contributed by atoms with Crippen molar-refractivity contribution in [2.45, 2.75) is 39.7 Å². The van der Waals surface area contributed by atoms with Gasteiger partial charge in [-0.15, -0.1) is 17.5 Å². The van der Waals surface area contributed by atoms with Crippen molar-refractivity contribution in [1.82, 2.24) is 29.8 Å². The van der Waals surface area contributed by atoms with E-state index >= 15 is 0 Å². The Labute approximate surface area is 177 Å². The lowest BCUT2D eigenvalue weighted by atomic mass is 10.0. The standard InChI is InChI=1S/C21H26N6O.ClH/c1-4-16-5-7-17(8-6-16)18-13-22-9-10-26(18)20(28)12-19-24-21-23-14(2)11-15(3)27(21)25-19;/h5-8,11,18,22H,4,9-10,12-13H2,1-3H3;1H. The third kappa shape index (κ3) is 4.41. The Kier molecular flexibility index (Phi) is 6.49. The number of nitrogens with zero attached hydrogens (tertiary/aromatic N) is 5. The molecule has 4 rings (SSSR count). The van der Waals surface area contributed by atoms with E-state index in [0.29, 0.717) is 18.1 Å².